The van der Waals surface area contributed by atoms with Crippen LogP contribution in [0.25, 0.3) is 0 Å². The Hall–Kier alpha value is -0.410. The maximum atomic E-state index is 11.0. The van der Waals surface area contributed by atoms with Crippen LogP contribution in [-0.4, -0.2) is 24.3 Å². The Morgan fingerprint density at radius 1 is 1.41 bits per heavy atom. The van der Waals surface area contributed by atoms with Crippen molar-refractivity contribution in [2.24, 2.45) is 5.41 Å². The van der Waals surface area contributed by atoms with Gasteiger partial charge in [0.05, 0.1) is 12.2 Å². The third kappa shape index (κ3) is 5.17. The van der Waals surface area contributed by atoms with Gasteiger partial charge in [-0.25, -0.2) is 0 Å². The van der Waals surface area contributed by atoms with Crippen molar-refractivity contribution in [3.05, 3.63) is 0 Å². The Kier molecular flexibility index (Phi) is 5.14. The topological polar surface area (TPSA) is 35.5 Å². The smallest absolute Gasteiger partial charge is 0.158 e. The van der Waals surface area contributed by atoms with Gasteiger partial charge in [0.15, 0.2) is 6.29 Å². The van der Waals surface area contributed by atoms with Crippen LogP contribution in [0.4, 0.5) is 0 Å². The van der Waals surface area contributed by atoms with Crippen LogP contribution in [0, 0.1) is 5.41 Å². The highest BCUT2D eigenvalue weighted by atomic mass is 16.7. The summed E-state index contributed by atoms with van der Waals surface area (Å²) in [5.41, 5.74) is 0.159. The van der Waals surface area contributed by atoms with E-state index in [9.17, 15) is 4.79 Å². The minimum absolute atomic E-state index is 0.0452. The normalized spacial score (nSPS) is 27.8. The molecule has 0 saturated carbocycles. The van der Waals surface area contributed by atoms with Gasteiger partial charge in [0.1, 0.15) is 5.78 Å². The number of ketones is 1. The fourth-order valence-electron chi connectivity index (χ4n) is 2.24. The van der Waals surface area contributed by atoms with Crippen LogP contribution < -0.4 is 0 Å². The molecule has 0 aromatic carbocycles. The molecular weight excluding hydrogens is 216 g/mol. The van der Waals surface area contributed by atoms with E-state index >= 15 is 0 Å². The molecule has 0 unspecified atom stereocenters. The van der Waals surface area contributed by atoms with E-state index in [-0.39, 0.29) is 29.7 Å². The van der Waals surface area contributed by atoms with Crippen molar-refractivity contribution >= 4 is 5.78 Å². The lowest BCUT2D eigenvalue weighted by molar-refractivity contribution is -0.230. The molecule has 1 fully saturated rings. The summed E-state index contributed by atoms with van der Waals surface area (Å²) in [5.74, 6) is 0.167. The lowest BCUT2D eigenvalue weighted by Crippen LogP contribution is -2.39. The summed E-state index contributed by atoms with van der Waals surface area (Å²) < 4.78 is 11.8. The van der Waals surface area contributed by atoms with E-state index < -0.39 is 0 Å². The van der Waals surface area contributed by atoms with Crippen LogP contribution >= 0.6 is 0 Å². The second-order valence-corrected chi connectivity index (χ2v) is 6.20. The summed E-state index contributed by atoms with van der Waals surface area (Å²) in [4.78, 5) is 11.0. The Morgan fingerprint density at radius 3 is 2.59 bits per heavy atom. The molecule has 0 radical (unpaired) electrons. The highest BCUT2D eigenvalue weighted by molar-refractivity contribution is 5.75. The van der Waals surface area contributed by atoms with Crippen LogP contribution in [0.5, 0.6) is 0 Å². The van der Waals surface area contributed by atoms with Crippen molar-refractivity contribution in [2.45, 2.75) is 78.8 Å². The lowest BCUT2D eigenvalue weighted by atomic mass is 9.85. The van der Waals surface area contributed by atoms with Gasteiger partial charge in [-0.1, -0.05) is 20.8 Å². The second-order valence-electron chi connectivity index (χ2n) is 6.20. The average Bonchev–Trinajstić information content (AvgIpc) is 2.15. The van der Waals surface area contributed by atoms with E-state index in [0.717, 1.165) is 19.3 Å². The van der Waals surface area contributed by atoms with Crippen LogP contribution in [-0.2, 0) is 14.3 Å². The quantitative estimate of drug-likeness (QED) is 0.758. The fourth-order valence-corrected chi connectivity index (χ4v) is 2.24. The maximum absolute atomic E-state index is 11.0. The van der Waals surface area contributed by atoms with Crippen LogP contribution in [0.3, 0.4) is 0 Å². The van der Waals surface area contributed by atoms with Gasteiger partial charge in [-0.2, -0.15) is 0 Å². The molecule has 17 heavy (non-hydrogen) atoms. The minimum atomic E-state index is -0.137. The van der Waals surface area contributed by atoms with Crippen molar-refractivity contribution in [1.29, 1.82) is 0 Å². The predicted molar refractivity (Wildman–Crippen MR) is 67.8 cm³/mol. The van der Waals surface area contributed by atoms with E-state index in [0.29, 0.717) is 6.42 Å². The zero-order valence-electron chi connectivity index (χ0n) is 11.8. The number of Topliss-reactive ketones (excluding diaryl/α,β-unsaturated/α-hetero) is 1. The number of rotatable bonds is 4. The first-order valence-electron chi connectivity index (χ1n) is 6.59. The van der Waals surface area contributed by atoms with E-state index in [4.69, 9.17) is 9.47 Å². The van der Waals surface area contributed by atoms with Crippen molar-refractivity contribution in [1.82, 2.24) is 0 Å². The molecule has 0 bridgehead atoms. The fraction of sp³-hybridized carbons (Fsp3) is 0.929. The van der Waals surface area contributed by atoms with E-state index in [1.807, 2.05) is 6.92 Å². The zero-order chi connectivity index (χ0) is 13.1. The number of carbonyl (C=O) groups is 1. The molecule has 1 aliphatic rings. The Balaban J connectivity index is 2.42. The molecule has 1 saturated heterocycles. The molecule has 100 valence electrons. The third-order valence-electron chi connectivity index (χ3n) is 3.15. The van der Waals surface area contributed by atoms with Gasteiger partial charge < -0.3 is 9.47 Å². The number of hydrogen-bond acceptors (Lipinski definition) is 3. The maximum Gasteiger partial charge on any atom is 0.158 e. The Bertz CT molecular complexity index is 255. The molecule has 0 spiro atoms. The van der Waals surface area contributed by atoms with Crippen molar-refractivity contribution in [2.75, 3.05) is 0 Å². The molecular formula is C14H26O3. The van der Waals surface area contributed by atoms with Gasteiger partial charge in [-0.3, -0.25) is 4.79 Å². The van der Waals surface area contributed by atoms with E-state index in [1.165, 1.54) is 0 Å². The SMILES string of the molecule is CC(=O)C[C@H](C)O[C@H]1CCC[C@H](C(C)(C)C)O1. The van der Waals surface area contributed by atoms with Crippen molar-refractivity contribution < 1.29 is 14.3 Å². The summed E-state index contributed by atoms with van der Waals surface area (Å²) in [6.07, 6.45) is 3.72. The first-order chi connectivity index (χ1) is 7.79. The van der Waals surface area contributed by atoms with Crippen LogP contribution in [0.2, 0.25) is 0 Å². The van der Waals surface area contributed by atoms with Gasteiger partial charge in [0.25, 0.3) is 0 Å². The molecule has 0 amide bonds. The number of hydrogen-bond donors (Lipinski definition) is 0. The van der Waals surface area contributed by atoms with Gasteiger partial charge >= 0.3 is 0 Å². The first-order valence-corrected chi connectivity index (χ1v) is 6.59. The van der Waals surface area contributed by atoms with E-state index in [1.54, 1.807) is 6.92 Å². The van der Waals surface area contributed by atoms with Crippen LogP contribution in [0.1, 0.15) is 60.3 Å². The molecule has 1 aliphatic heterocycles. The lowest BCUT2D eigenvalue weighted by Gasteiger charge is -2.38. The molecule has 0 aromatic rings. The Morgan fingerprint density at radius 2 is 2.06 bits per heavy atom. The summed E-state index contributed by atoms with van der Waals surface area (Å²) in [6.45, 7) is 10.1. The molecule has 3 atom stereocenters. The molecule has 1 heterocycles. The third-order valence-corrected chi connectivity index (χ3v) is 3.15. The summed E-state index contributed by atoms with van der Waals surface area (Å²) in [5, 5.41) is 0. The number of ether oxygens (including phenoxy) is 2. The van der Waals surface area contributed by atoms with Gasteiger partial charge in [-0.15, -0.1) is 0 Å². The highest BCUT2D eigenvalue weighted by Gasteiger charge is 2.32. The monoisotopic (exact) mass is 242 g/mol. The Labute approximate surface area is 105 Å². The van der Waals surface area contributed by atoms with Crippen molar-refractivity contribution in [3.8, 4) is 0 Å². The van der Waals surface area contributed by atoms with Crippen molar-refractivity contribution in [3.63, 3.8) is 0 Å². The summed E-state index contributed by atoms with van der Waals surface area (Å²) in [6, 6.07) is 0. The van der Waals surface area contributed by atoms with E-state index in [2.05, 4.69) is 20.8 Å². The summed E-state index contributed by atoms with van der Waals surface area (Å²) in [7, 11) is 0. The largest absolute Gasteiger partial charge is 0.349 e. The standard InChI is InChI=1S/C14H26O3/c1-10(15)9-11(2)16-13-8-6-7-12(17-13)14(3,4)5/h11-13H,6-9H2,1-5H3/t11-,12+,13+/m0/s1. The van der Waals surface area contributed by atoms with Crippen LogP contribution in [0.15, 0.2) is 0 Å². The summed E-state index contributed by atoms with van der Waals surface area (Å²) >= 11 is 0. The molecule has 0 aromatic heterocycles. The zero-order valence-corrected chi connectivity index (χ0v) is 11.8. The highest BCUT2D eigenvalue weighted by Crippen LogP contribution is 2.32. The van der Waals surface area contributed by atoms with Gasteiger partial charge in [0.2, 0.25) is 0 Å². The second kappa shape index (κ2) is 5.96. The molecule has 3 nitrogen and oxygen atoms in total. The van der Waals surface area contributed by atoms with Gasteiger partial charge in [0, 0.05) is 6.42 Å². The molecule has 0 aliphatic carbocycles. The molecule has 0 N–H and O–H groups in total. The van der Waals surface area contributed by atoms with Gasteiger partial charge in [-0.05, 0) is 38.5 Å². The first kappa shape index (κ1) is 14.7. The molecule has 1 rings (SSSR count). The predicted octanol–water partition coefficient (Wildman–Crippen LogP) is 3.31. The minimum Gasteiger partial charge on any atom is -0.349 e. The average molecular weight is 242 g/mol. The number of carbonyl (C=O) groups excluding carboxylic acids is 1. The molecule has 3 heteroatoms.